The molecule has 0 aliphatic rings. The van der Waals surface area contributed by atoms with Crippen molar-refractivity contribution in [3.8, 4) is 5.75 Å². The van der Waals surface area contributed by atoms with Gasteiger partial charge in [0.1, 0.15) is 18.2 Å². The molecule has 4 heteroatoms. The van der Waals surface area contributed by atoms with Crippen LogP contribution in [0.1, 0.15) is 18.1 Å². The minimum atomic E-state index is -0.253. The van der Waals surface area contributed by atoms with Gasteiger partial charge in [0.25, 0.3) is 0 Å². The molecule has 0 saturated carbocycles. The zero-order valence-electron chi connectivity index (χ0n) is 11.3. The van der Waals surface area contributed by atoms with Crippen LogP contribution in [0.4, 0.5) is 4.39 Å². The lowest BCUT2D eigenvalue weighted by Gasteiger charge is -2.11. The highest BCUT2D eigenvalue weighted by Crippen LogP contribution is 2.27. The Hall–Kier alpha value is -1.39. The summed E-state index contributed by atoms with van der Waals surface area (Å²) in [5.41, 5.74) is 7.46. The molecular formula is C16H17BrFNO. The van der Waals surface area contributed by atoms with Gasteiger partial charge in [-0.25, -0.2) is 4.39 Å². The summed E-state index contributed by atoms with van der Waals surface area (Å²) in [4.78, 5) is 0. The number of rotatable bonds is 5. The highest BCUT2D eigenvalue weighted by atomic mass is 79.9. The first-order chi connectivity index (χ1) is 9.56. The maximum atomic E-state index is 13.5. The first-order valence-electron chi connectivity index (χ1n) is 6.46. The van der Waals surface area contributed by atoms with Crippen LogP contribution < -0.4 is 10.5 Å². The van der Waals surface area contributed by atoms with Gasteiger partial charge in [-0.2, -0.15) is 0 Å². The molecule has 0 aromatic heterocycles. The normalized spacial score (nSPS) is 12.2. The van der Waals surface area contributed by atoms with Crippen molar-refractivity contribution in [2.45, 2.75) is 26.0 Å². The molecule has 0 radical (unpaired) electrons. The maximum Gasteiger partial charge on any atom is 0.134 e. The summed E-state index contributed by atoms with van der Waals surface area (Å²) < 4.78 is 20.0. The molecule has 0 amide bonds. The highest BCUT2D eigenvalue weighted by molar-refractivity contribution is 9.10. The third-order valence-electron chi connectivity index (χ3n) is 2.89. The molecule has 1 atom stereocenters. The monoisotopic (exact) mass is 337 g/mol. The molecule has 106 valence electrons. The largest absolute Gasteiger partial charge is 0.488 e. The Bertz CT molecular complexity index is 586. The van der Waals surface area contributed by atoms with Gasteiger partial charge in [-0.05, 0) is 53.0 Å². The predicted molar refractivity (Wildman–Crippen MR) is 82.2 cm³/mol. The Morgan fingerprint density at radius 3 is 2.65 bits per heavy atom. The summed E-state index contributed by atoms with van der Waals surface area (Å²) in [5, 5.41) is 0. The van der Waals surface area contributed by atoms with Crippen LogP contribution in [0.2, 0.25) is 0 Å². The van der Waals surface area contributed by atoms with Gasteiger partial charge in [-0.15, -0.1) is 0 Å². The first kappa shape index (κ1) is 15.0. The minimum Gasteiger partial charge on any atom is -0.488 e. The SMILES string of the molecule is CC(N)Cc1ccc(OCc2ccccc2F)c(Br)c1. The molecule has 0 fully saturated rings. The van der Waals surface area contributed by atoms with Crippen LogP contribution in [0.15, 0.2) is 46.9 Å². The molecule has 2 rings (SSSR count). The third-order valence-corrected chi connectivity index (χ3v) is 3.51. The van der Waals surface area contributed by atoms with Crippen LogP contribution in [-0.4, -0.2) is 6.04 Å². The van der Waals surface area contributed by atoms with E-state index in [9.17, 15) is 4.39 Å². The molecule has 2 N–H and O–H groups in total. The topological polar surface area (TPSA) is 35.2 Å². The van der Waals surface area contributed by atoms with Crippen molar-refractivity contribution in [1.82, 2.24) is 0 Å². The van der Waals surface area contributed by atoms with Crippen LogP contribution in [0.3, 0.4) is 0 Å². The number of benzene rings is 2. The van der Waals surface area contributed by atoms with Gasteiger partial charge in [-0.3, -0.25) is 0 Å². The molecule has 2 aromatic carbocycles. The average Bonchev–Trinajstić information content (AvgIpc) is 2.39. The lowest BCUT2D eigenvalue weighted by molar-refractivity contribution is 0.298. The van der Waals surface area contributed by atoms with E-state index in [4.69, 9.17) is 10.5 Å². The van der Waals surface area contributed by atoms with Gasteiger partial charge >= 0.3 is 0 Å². The van der Waals surface area contributed by atoms with E-state index in [0.29, 0.717) is 11.3 Å². The van der Waals surface area contributed by atoms with Crippen LogP contribution in [0.25, 0.3) is 0 Å². The molecule has 20 heavy (non-hydrogen) atoms. The molecule has 0 heterocycles. The summed E-state index contributed by atoms with van der Waals surface area (Å²) in [6.07, 6.45) is 0.812. The standard InChI is InChI=1S/C16H17BrFNO/c1-11(19)8-12-6-7-16(14(17)9-12)20-10-13-4-2-3-5-15(13)18/h2-7,9,11H,8,10,19H2,1H3. The van der Waals surface area contributed by atoms with Gasteiger partial charge in [0.15, 0.2) is 0 Å². The van der Waals surface area contributed by atoms with Crippen LogP contribution in [-0.2, 0) is 13.0 Å². The van der Waals surface area contributed by atoms with E-state index in [1.807, 2.05) is 25.1 Å². The summed E-state index contributed by atoms with van der Waals surface area (Å²) in [6.45, 7) is 2.18. The minimum absolute atomic E-state index is 0.118. The number of hydrogen-bond acceptors (Lipinski definition) is 2. The zero-order chi connectivity index (χ0) is 14.5. The molecule has 0 bridgehead atoms. The molecule has 1 unspecified atom stereocenters. The van der Waals surface area contributed by atoms with E-state index in [1.54, 1.807) is 18.2 Å². The molecule has 0 aliphatic heterocycles. The smallest absolute Gasteiger partial charge is 0.134 e. The fourth-order valence-corrected chi connectivity index (χ4v) is 2.47. The molecular weight excluding hydrogens is 321 g/mol. The number of nitrogens with two attached hydrogens (primary N) is 1. The van der Waals surface area contributed by atoms with Crippen LogP contribution in [0.5, 0.6) is 5.75 Å². The predicted octanol–water partition coefficient (Wildman–Crippen LogP) is 4.06. The van der Waals surface area contributed by atoms with Crippen molar-refractivity contribution >= 4 is 15.9 Å². The lowest BCUT2D eigenvalue weighted by Crippen LogP contribution is -2.17. The first-order valence-corrected chi connectivity index (χ1v) is 7.26. The number of ether oxygens (including phenoxy) is 1. The van der Waals surface area contributed by atoms with Crippen LogP contribution in [0, 0.1) is 5.82 Å². The number of hydrogen-bond donors (Lipinski definition) is 1. The van der Waals surface area contributed by atoms with E-state index >= 15 is 0 Å². The van der Waals surface area contributed by atoms with Crippen molar-refractivity contribution in [2.75, 3.05) is 0 Å². The number of halogens is 2. The summed E-state index contributed by atoms with van der Waals surface area (Å²) in [6, 6.07) is 12.6. The highest BCUT2D eigenvalue weighted by Gasteiger charge is 2.06. The Balaban J connectivity index is 2.05. The summed E-state index contributed by atoms with van der Waals surface area (Å²) >= 11 is 3.47. The van der Waals surface area contributed by atoms with Gasteiger partial charge in [0.05, 0.1) is 4.47 Å². The second-order valence-electron chi connectivity index (χ2n) is 4.83. The third kappa shape index (κ3) is 4.05. The quantitative estimate of drug-likeness (QED) is 0.892. The molecule has 0 aliphatic carbocycles. The van der Waals surface area contributed by atoms with Crippen molar-refractivity contribution in [3.05, 3.63) is 63.9 Å². The van der Waals surface area contributed by atoms with Crippen molar-refractivity contribution < 1.29 is 9.13 Å². The second kappa shape index (κ2) is 6.86. The summed E-state index contributed by atoms with van der Waals surface area (Å²) in [5.74, 6) is 0.443. The second-order valence-corrected chi connectivity index (χ2v) is 5.68. The fourth-order valence-electron chi connectivity index (χ4n) is 1.93. The molecule has 0 saturated heterocycles. The van der Waals surface area contributed by atoms with E-state index in [1.165, 1.54) is 6.07 Å². The lowest BCUT2D eigenvalue weighted by atomic mass is 10.1. The summed E-state index contributed by atoms with van der Waals surface area (Å²) in [7, 11) is 0. The Labute approximate surface area is 126 Å². The van der Waals surface area contributed by atoms with Crippen molar-refractivity contribution in [3.63, 3.8) is 0 Å². The van der Waals surface area contributed by atoms with E-state index in [0.717, 1.165) is 16.5 Å². The molecule has 2 nitrogen and oxygen atoms in total. The Morgan fingerprint density at radius 1 is 1.25 bits per heavy atom. The fraction of sp³-hybridized carbons (Fsp3) is 0.250. The average molecular weight is 338 g/mol. The van der Waals surface area contributed by atoms with Gasteiger partial charge in [-0.1, -0.05) is 24.3 Å². The Morgan fingerprint density at radius 2 is 2.00 bits per heavy atom. The molecule has 2 aromatic rings. The van der Waals surface area contributed by atoms with Crippen LogP contribution >= 0.6 is 15.9 Å². The van der Waals surface area contributed by atoms with Gasteiger partial charge in [0.2, 0.25) is 0 Å². The Kier molecular flexibility index (Phi) is 5.15. The maximum absolute atomic E-state index is 13.5. The van der Waals surface area contributed by atoms with Gasteiger partial charge in [0, 0.05) is 11.6 Å². The van der Waals surface area contributed by atoms with E-state index in [2.05, 4.69) is 15.9 Å². The van der Waals surface area contributed by atoms with Gasteiger partial charge < -0.3 is 10.5 Å². The zero-order valence-corrected chi connectivity index (χ0v) is 12.9. The van der Waals surface area contributed by atoms with Crippen molar-refractivity contribution in [2.24, 2.45) is 5.73 Å². The molecule has 0 spiro atoms. The van der Waals surface area contributed by atoms with E-state index in [-0.39, 0.29) is 18.5 Å². The van der Waals surface area contributed by atoms with E-state index < -0.39 is 0 Å². The van der Waals surface area contributed by atoms with Crippen molar-refractivity contribution in [1.29, 1.82) is 0 Å².